The Morgan fingerprint density at radius 3 is 2.95 bits per heavy atom. The van der Waals surface area contributed by atoms with Gasteiger partial charge in [0.05, 0.1) is 18.4 Å². The number of rotatable bonds is 6. The number of ketones is 1. The van der Waals surface area contributed by atoms with E-state index in [1.165, 1.54) is 48.4 Å². The van der Waals surface area contributed by atoms with Gasteiger partial charge in [0, 0.05) is 7.05 Å². The number of hydrogen-bond donors (Lipinski definition) is 1. The number of benzene rings is 1. The van der Waals surface area contributed by atoms with E-state index in [9.17, 15) is 9.18 Å². The Morgan fingerprint density at radius 1 is 1.50 bits per heavy atom. The van der Waals surface area contributed by atoms with Gasteiger partial charge in [0.2, 0.25) is 5.13 Å². The average Bonchev–Trinajstić information content (AvgIpc) is 2.92. The number of thioether (sulfide) groups is 1. The first-order chi connectivity index (χ1) is 9.63. The second kappa shape index (κ2) is 6.67. The molecule has 20 heavy (non-hydrogen) atoms. The number of carbonyl (C=O) groups excluding carboxylic acids is 1. The fourth-order valence-electron chi connectivity index (χ4n) is 1.47. The van der Waals surface area contributed by atoms with Crippen molar-refractivity contribution in [1.82, 2.24) is 10.2 Å². The van der Waals surface area contributed by atoms with Crippen LogP contribution < -0.4 is 10.1 Å². The van der Waals surface area contributed by atoms with Crippen molar-refractivity contribution in [1.29, 1.82) is 0 Å². The fraction of sp³-hybridized carbons (Fsp3) is 0.250. The highest BCUT2D eigenvalue weighted by molar-refractivity contribution is 8.01. The van der Waals surface area contributed by atoms with E-state index >= 15 is 0 Å². The number of Topliss-reactive ketones (excluding diaryl/α,β-unsaturated/α-hetero) is 1. The monoisotopic (exact) mass is 313 g/mol. The van der Waals surface area contributed by atoms with Crippen LogP contribution >= 0.6 is 23.1 Å². The molecule has 0 fully saturated rings. The van der Waals surface area contributed by atoms with E-state index in [2.05, 4.69) is 15.5 Å². The van der Waals surface area contributed by atoms with Crippen LogP contribution in [0.2, 0.25) is 0 Å². The minimum atomic E-state index is -0.465. The molecular weight excluding hydrogens is 301 g/mol. The van der Waals surface area contributed by atoms with Crippen LogP contribution in [0.3, 0.4) is 0 Å². The highest BCUT2D eigenvalue weighted by Gasteiger charge is 2.15. The van der Waals surface area contributed by atoms with Gasteiger partial charge in [-0.1, -0.05) is 23.1 Å². The van der Waals surface area contributed by atoms with Gasteiger partial charge in [-0.3, -0.25) is 4.79 Å². The minimum Gasteiger partial charge on any atom is -0.496 e. The Bertz CT molecular complexity index is 618. The van der Waals surface area contributed by atoms with E-state index in [0.717, 1.165) is 0 Å². The van der Waals surface area contributed by atoms with Gasteiger partial charge in [-0.2, -0.15) is 0 Å². The second-order valence-corrected chi connectivity index (χ2v) is 5.88. The smallest absolute Gasteiger partial charge is 0.206 e. The van der Waals surface area contributed by atoms with Crippen molar-refractivity contribution in [2.24, 2.45) is 0 Å². The van der Waals surface area contributed by atoms with E-state index < -0.39 is 5.82 Å². The van der Waals surface area contributed by atoms with Crippen LogP contribution in [0, 0.1) is 5.82 Å². The Hall–Kier alpha value is -1.67. The molecular formula is C12H12FN3O2S2. The number of hydrogen-bond acceptors (Lipinski definition) is 7. The SMILES string of the molecule is CNc1nnc(SCC(=O)c2cc(F)ccc2OC)s1. The minimum absolute atomic E-state index is 0.151. The molecule has 5 nitrogen and oxygen atoms in total. The maximum Gasteiger partial charge on any atom is 0.206 e. The molecule has 0 aliphatic carbocycles. The molecule has 0 amide bonds. The molecule has 2 rings (SSSR count). The molecule has 1 aromatic heterocycles. The Balaban J connectivity index is 2.06. The number of nitrogens with zero attached hydrogens (tertiary/aromatic N) is 2. The van der Waals surface area contributed by atoms with Gasteiger partial charge in [-0.15, -0.1) is 10.2 Å². The van der Waals surface area contributed by atoms with Crippen molar-refractivity contribution in [2.45, 2.75) is 4.34 Å². The summed E-state index contributed by atoms with van der Waals surface area (Å²) in [5.74, 6) is -0.164. The summed E-state index contributed by atoms with van der Waals surface area (Å²) in [7, 11) is 3.19. The standard InChI is InChI=1S/C12H12FN3O2S2/c1-14-11-15-16-12(20-11)19-6-9(17)8-5-7(13)3-4-10(8)18-2/h3-5H,6H2,1-2H3,(H,14,15). The van der Waals surface area contributed by atoms with E-state index in [1.54, 1.807) is 7.05 Å². The summed E-state index contributed by atoms with van der Waals surface area (Å²) in [6.45, 7) is 0. The summed E-state index contributed by atoms with van der Waals surface area (Å²) < 4.78 is 19.0. The first kappa shape index (κ1) is 14.7. The second-order valence-electron chi connectivity index (χ2n) is 3.68. The molecule has 0 saturated carbocycles. The van der Waals surface area contributed by atoms with Crippen molar-refractivity contribution in [2.75, 3.05) is 25.2 Å². The molecule has 0 bridgehead atoms. The topological polar surface area (TPSA) is 64.1 Å². The van der Waals surface area contributed by atoms with Gasteiger partial charge >= 0.3 is 0 Å². The van der Waals surface area contributed by atoms with Crippen molar-refractivity contribution < 1.29 is 13.9 Å². The van der Waals surface area contributed by atoms with Crippen molar-refractivity contribution in [3.05, 3.63) is 29.6 Å². The quantitative estimate of drug-likeness (QED) is 0.653. The molecule has 1 heterocycles. The van der Waals surface area contributed by atoms with Gasteiger partial charge in [-0.25, -0.2) is 4.39 Å². The molecule has 1 N–H and O–H groups in total. The molecule has 0 atom stereocenters. The zero-order chi connectivity index (χ0) is 14.5. The number of nitrogens with one attached hydrogen (secondary N) is 1. The predicted molar refractivity (Wildman–Crippen MR) is 77.5 cm³/mol. The summed E-state index contributed by atoms with van der Waals surface area (Å²) in [6, 6.07) is 3.88. The van der Waals surface area contributed by atoms with Gasteiger partial charge in [0.1, 0.15) is 11.6 Å². The maximum atomic E-state index is 13.2. The summed E-state index contributed by atoms with van der Waals surface area (Å²) in [5.41, 5.74) is 0.235. The highest BCUT2D eigenvalue weighted by atomic mass is 32.2. The van der Waals surface area contributed by atoms with Gasteiger partial charge in [-0.05, 0) is 18.2 Å². The highest BCUT2D eigenvalue weighted by Crippen LogP contribution is 2.27. The molecule has 8 heteroatoms. The van der Waals surface area contributed by atoms with Gasteiger partial charge in [0.25, 0.3) is 0 Å². The van der Waals surface area contributed by atoms with Crippen LogP contribution in [0.25, 0.3) is 0 Å². The molecule has 0 radical (unpaired) electrons. The molecule has 1 aromatic carbocycles. The molecule has 0 aliphatic rings. The van der Waals surface area contributed by atoms with E-state index in [4.69, 9.17) is 4.74 Å². The number of ether oxygens (including phenoxy) is 1. The van der Waals surface area contributed by atoms with E-state index in [-0.39, 0.29) is 17.1 Å². The number of anilines is 1. The molecule has 106 valence electrons. The molecule has 0 unspecified atom stereocenters. The number of methoxy groups -OCH3 is 1. The fourth-order valence-corrected chi connectivity index (χ4v) is 3.06. The summed E-state index contributed by atoms with van der Waals surface area (Å²) in [5, 5.41) is 11.4. The molecule has 0 aliphatic heterocycles. The van der Waals surface area contributed by atoms with Crippen molar-refractivity contribution in [3.63, 3.8) is 0 Å². The van der Waals surface area contributed by atoms with Crippen molar-refractivity contribution in [3.8, 4) is 5.75 Å². The third kappa shape index (κ3) is 3.45. The van der Waals surface area contributed by atoms with Gasteiger partial charge in [0.15, 0.2) is 10.1 Å². The number of aromatic nitrogens is 2. The lowest BCUT2D eigenvalue weighted by atomic mass is 10.1. The summed E-state index contributed by atoms with van der Waals surface area (Å²) in [6.07, 6.45) is 0. The summed E-state index contributed by atoms with van der Waals surface area (Å²) in [4.78, 5) is 12.1. The number of halogens is 1. The molecule has 0 spiro atoms. The first-order valence-corrected chi connectivity index (χ1v) is 7.45. The van der Waals surface area contributed by atoms with Crippen molar-refractivity contribution >= 4 is 34.0 Å². The van der Waals surface area contributed by atoms with Crippen LogP contribution in [-0.2, 0) is 0 Å². The first-order valence-electron chi connectivity index (χ1n) is 5.65. The average molecular weight is 313 g/mol. The van der Waals surface area contributed by atoms with Crippen LogP contribution in [0.1, 0.15) is 10.4 Å². The third-order valence-corrected chi connectivity index (χ3v) is 4.48. The normalized spacial score (nSPS) is 10.3. The van der Waals surface area contributed by atoms with Crippen LogP contribution in [-0.4, -0.2) is 35.9 Å². The van der Waals surface area contributed by atoms with Gasteiger partial charge < -0.3 is 10.1 Å². The maximum absolute atomic E-state index is 13.2. The zero-order valence-electron chi connectivity index (χ0n) is 10.8. The Morgan fingerprint density at radius 2 is 2.30 bits per heavy atom. The van der Waals surface area contributed by atoms with E-state index in [0.29, 0.717) is 15.2 Å². The largest absolute Gasteiger partial charge is 0.496 e. The lowest BCUT2D eigenvalue weighted by Crippen LogP contribution is -2.05. The Labute approximate surface area is 123 Å². The van der Waals surface area contributed by atoms with E-state index in [1.807, 2.05) is 0 Å². The molecule has 2 aromatic rings. The van der Waals surface area contributed by atoms with Crippen LogP contribution in [0.4, 0.5) is 9.52 Å². The van der Waals surface area contributed by atoms with Crippen LogP contribution in [0.15, 0.2) is 22.5 Å². The summed E-state index contributed by atoms with van der Waals surface area (Å²) >= 11 is 2.62. The number of carbonyl (C=O) groups is 1. The zero-order valence-corrected chi connectivity index (χ0v) is 12.5. The lowest BCUT2D eigenvalue weighted by molar-refractivity contribution is 0.101. The van der Waals surface area contributed by atoms with Crippen LogP contribution in [0.5, 0.6) is 5.75 Å². The third-order valence-electron chi connectivity index (χ3n) is 2.41. The Kier molecular flexibility index (Phi) is 4.91. The lowest BCUT2D eigenvalue weighted by Gasteiger charge is -2.06. The predicted octanol–water partition coefficient (Wildman–Crippen LogP) is 2.70. The molecule has 0 saturated heterocycles.